The fourth-order valence-electron chi connectivity index (χ4n) is 2.72. The molecule has 2 heterocycles. The number of nitrogens with zero attached hydrogens (tertiary/aromatic N) is 2. The number of hydrogen-bond donors (Lipinski definition) is 2. The van der Waals surface area contributed by atoms with Crippen LogP contribution in [0.2, 0.25) is 0 Å². The molecule has 18 heavy (non-hydrogen) atoms. The predicted molar refractivity (Wildman–Crippen MR) is 63.9 cm³/mol. The maximum atomic E-state index is 12.2. The highest BCUT2D eigenvalue weighted by atomic mass is 16.2. The Balaban J connectivity index is 1.85. The summed E-state index contributed by atoms with van der Waals surface area (Å²) in [5, 5.41) is 9.66. The number of aromatic nitrogens is 2. The number of nitrogens with one attached hydrogen (secondary N) is 2. The first kappa shape index (κ1) is 11.3. The standard InChI is InChI=1S/C12H16N4O2/c1-12(2)10(17)16(11(18)14-12)8-4-3-7-6-13-15-9(7)5-8/h6,8H,3-5H2,1-2H3,(H,13,15)(H,14,18). The van der Waals surface area contributed by atoms with E-state index in [0.717, 1.165) is 18.5 Å². The topological polar surface area (TPSA) is 78.1 Å². The molecule has 1 aromatic heterocycles. The van der Waals surface area contributed by atoms with Crippen LogP contribution in [0.1, 0.15) is 31.5 Å². The maximum absolute atomic E-state index is 12.2. The van der Waals surface area contributed by atoms with E-state index in [1.54, 1.807) is 13.8 Å². The van der Waals surface area contributed by atoms with Crippen molar-refractivity contribution < 1.29 is 9.59 Å². The average molecular weight is 248 g/mol. The van der Waals surface area contributed by atoms with Crippen molar-refractivity contribution in [1.29, 1.82) is 0 Å². The smallest absolute Gasteiger partial charge is 0.324 e. The lowest BCUT2D eigenvalue weighted by molar-refractivity contribution is -0.131. The lowest BCUT2D eigenvalue weighted by Crippen LogP contribution is -2.45. The van der Waals surface area contributed by atoms with Crippen molar-refractivity contribution in [1.82, 2.24) is 20.4 Å². The molecule has 6 nitrogen and oxygen atoms in total. The van der Waals surface area contributed by atoms with E-state index >= 15 is 0 Å². The Morgan fingerprint density at radius 1 is 1.44 bits per heavy atom. The molecule has 6 heteroatoms. The molecule has 2 N–H and O–H groups in total. The summed E-state index contributed by atoms with van der Waals surface area (Å²) in [6.45, 7) is 3.47. The molecule has 0 bridgehead atoms. The number of urea groups is 1. The van der Waals surface area contributed by atoms with Gasteiger partial charge >= 0.3 is 6.03 Å². The lowest BCUT2D eigenvalue weighted by Gasteiger charge is -2.29. The zero-order chi connectivity index (χ0) is 12.9. The van der Waals surface area contributed by atoms with Crippen LogP contribution < -0.4 is 5.32 Å². The number of fused-ring (bicyclic) bond motifs is 1. The van der Waals surface area contributed by atoms with E-state index in [1.165, 1.54) is 10.5 Å². The second kappa shape index (κ2) is 3.57. The van der Waals surface area contributed by atoms with Crippen molar-refractivity contribution in [2.24, 2.45) is 0 Å². The number of carbonyl (C=O) groups excluding carboxylic acids is 2. The highest BCUT2D eigenvalue weighted by Crippen LogP contribution is 2.27. The SMILES string of the molecule is CC1(C)NC(=O)N(C2CCc3cn[nH]c3C2)C1=O. The molecular weight excluding hydrogens is 232 g/mol. The zero-order valence-corrected chi connectivity index (χ0v) is 10.5. The van der Waals surface area contributed by atoms with Gasteiger partial charge in [0.05, 0.1) is 6.20 Å². The Morgan fingerprint density at radius 2 is 2.22 bits per heavy atom. The van der Waals surface area contributed by atoms with Gasteiger partial charge < -0.3 is 5.32 Å². The van der Waals surface area contributed by atoms with Crippen LogP contribution in [0, 0.1) is 0 Å². The van der Waals surface area contributed by atoms with Crippen molar-refractivity contribution >= 4 is 11.9 Å². The molecule has 0 aromatic carbocycles. The number of amides is 3. The second-order valence-corrected chi connectivity index (χ2v) is 5.50. The molecule has 96 valence electrons. The fraction of sp³-hybridized carbons (Fsp3) is 0.583. The van der Waals surface area contributed by atoms with E-state index < -0.39 is 5.54 Å². The molecular formula is C12H16N4O2. The van der Waals surface area contributed by atoms with Crippen LogP contribution in [0.3, 0.4) is 0 Å². The average Bonchev–Trinajstić information content (AvgIpc) is 2.82. The Labute approximate surface area is 105 Å². The van der Waals surface area contributed by atoms with Gasteiger partial charge in [-0.25, -0.2) is 4.79 Å². The first-order valence-corrected chi connectivity index (χ1v) is 6.16. The monoisotopic (exact) mass is 248 g/mol. The summed E-state index contributed by atoms with van der Waals surface area (Å²) in [4.78, 5) is 25.5. The Kier molecular flexibility index (Phi) is 2.23. The minimum Gasteiger partial charge on any atom is -0.324 e. The highest BCUT2D eigenvalue weighted by Gasteiger charge is 2.47. The molecule has 1 aliphatic carbocycles. The number of hydrogen-bond acceptors (Lipinski definition) is 3. The van der Waals surface area contributed by atoms with Gasteiger partial charge in [-0.1, -0.05) is 0 Å². The number of imide groups is 1. The summed E-state index contributed by atoms with van der Waals surface area (Å²) >= 11 is 0. The fourth-order valence-corrected chi connectivity index (χ4v) is 2.72. The van der Waals surface area contributed by atoms with E-state index in [0.29, 0.717) is 6.42 Å². The third-order valence-electron chi connectivity index (χ3n) is 3.75. The van der Waals surface area contributed by atoms with Crippen LogP contribution in [-0.4, -0.2) is 38.6 Å². The number of rotatable bonds is 1. The molecule has 1 atom stereocenters. The van der Waals surface area contributed by atoms with Gasteiger partial charge in [0.15, 0.2) is 0 Å². The van der Waals surface area contributed by atoms with Crippen LogP contribution in [0.5, 0.6) is 0 Å². The number of carbonyl (C=O) groups is 2. The van der Waals surface area contributed by atoms with E-state index in [2.05, 4.69) is 15.5 Å². The lowest BCUT2D eigenvalue weighted by atomic mass is 9.92. The minimum absolute atomic E-state index is 0.0628. The molecule has 1 unspecified atom stereocenters. The van der Waals surface area contributed by atoms with Gasteiger partial charge in [-0.2, -0.15) is 5.10 Å². The molecule has 2 aliphatic rings. The highest BCUT2D eigenvalue weighted by molar-refractivity contribution is 6.06. The van der Waals surface area contributed by atoms with Crippen molar-refractivity contribution in [3.63, 3.8) is 0 Å². The number of H-pyrrole nitrogens is 1. The van der Waals surface area contributed by atoms with Crippen LogP contribution in [-0.2, 0) is 17.6 Å². The van der Waals surface area contributed by atoms with Gasteiger partial charge in [0, 0.05) is 18.2 Å². The van der Waals surface area contributed by atoms with Crippen molar-refractivity contribution in [2.45, 2.75) is 44.7 Å². The molecule has 1 aliphatic heterocycles. The molecule has 3 rings (SSSR count). The van der Waals surface area contributed by atoms with Crippen LogP contribution in [0.15, 0.2) is 6.20 Å². The predicted octanol–water partition coefficient (Wildman–Crippen LogP) is 0.597. The zero-order valence-electron chi connectivity index (χ0n) is 10.5. The van der Waals surface area contributed by atoms with Crippen LogP contribution in [0.25, 0.3) is 0 Å². The van der Waals surface area contributed by atoms with E-state index in [4.69, 9.17) is 0 Å². The molecule has 1 fully saturated rings. The van der Waals surface area contributed by atoms with Crippen molar-refractivity contribution in [3.8, 4) is 0 Å². The van der Waals surface area contributed by atoms with Gasteiger partial charge in [-0.05, 0) is 32.3 Å². The summed E-state index contributed by atoms with van der Waals surface area (Å²) in [5.74, 6) is -0.138. The first-order valence-electron chi connectivity index (χ1n) is 6.16. The van der Waals surface area contributed by atoms with Crippen LogP contribution in [0.4, 0.5) is 4.79 Å². The second-order valence-electron chi connectivity index (χ2n) is 5.50. The van der Waals surface area contributed by atoms with E-state index in [1.807, 2.05) is 6.20 Å². The molecule has 0 spiro atoms. The summed E-state index contributed by atoms with van der Waals surface area (Å²) < 4.78 is 0. The van der Waals surface area contributed by atoms with Crippen molar-refractivity contribution in [3.05, 3.63) is 17.5 Å². The Hall–Kier alpha value is -1.85. The quantitative estimate of drug-likeness (QED) is 0.714. The third-order valence-corrected chi connectivity index (χ3v) is 3.75. The number of aromatic amines is 1. The Bertz CT molecular complexity index is 520. The van der Waals surface area contributed by atoms with Gasteiger partial charge in [0.1, 0.15) is 5.54 Å². The summed E-state index contributed by atoms with van der Waals surface area (Å²) in [6.07, 6.45) is 4.15. The van der Waals surface area contributed by atoms with E-state index in [-0.39, 0.29) is 18.0 Å². The molecule has 1 saturated heterocycles. The molecule has 0 radical (unpaired) electrons. The first-order chi connectivity index (χ1) is 8.49. The number of aryl methyl sites for hydroxylation is 1. The minimum atomic E-state index is -0.786. The largest absolute Gasteiger partial charge is 0.325 e. The van der Waals surface area contributed by atoms with Gasteiger partial charge in [-0.3, -0.25) is 14.8 Å². The van der Waals surface area contributed by atoms with Gasteiger partial charge in [0.25, 0.3) is 5.91 Å². The molecule has 3 amide bonds. The Morgan fingerprint density at radius 3 is 2.89 bits per heavy atom. The molecule has 1 aromatic rings. The van der Waals surface area contributed by atoms with Crippen molar-refractivity contribution in [2.75, 3.05) is 0 Å². The maximum Gasteiger partial charge on any atom is 0.325 e. The molecule has 0 saturated carbocycles. The van der Waals surface area contributed by atoms with E-state index in [9.17, 15) is 9.59 Å². The third kappa shape index (κ3) is 1.52. The summed E-state index contributed by atoms with van der Waals surface area (Å²) in [6, 6.07) is -0.342. The normalized spacial score (nSPS) is 26.1. The van der Waals surface area contributed by atoms with Gasteiger partial charge in [-0.15, -0.1) is 0 Å². The van der Waals surface area contributed by atoms with Crippen LogP contribution >= 0.6 is 0 Å². The summed E-state index contributed by atoms with van der Waals surface area (Å²) in [7, 11) is 0. The van der Waals surface area contributed by atoms with Gasteiger partial charge in [0.2, 0.25) is 0 Å². The summed E-state index contributed by atoms with van der Waals surface area (Å²) in [5.41, 5.74) is 1.44.